The predicted molar refractivity (Wildman–Crippen MR) is 73.9 cm³/mol. The first-order chi connectivity index (χ1) is 9.65. The van der Waals surface area contributed by atoms with E-state index in [9.17, 15) is 9.18 Å². The normalized spacial score (nSPS) is 22.3. The second-order valence-corrected chi connectivity index (χ2v) is 5.09. The number of hydrogen-bond donors (Lipinski definition) is 2. The Labute approximate surface area is 116 Å². The van der Waals surface area contributed by atoms with E-state index < -0.39 is 12.2 Å². The highest BCUT2D eigenvalue weighted by atomic mass is 19.1. The van der Waals surface area contributed by atoms with E-state index in [1.165, 1.54) is 0 Å². The molecule has 0 bridgehead atoms. The van der Waals surface area contributed by atoms with Crippen LogP contribution in [0.2, 0.25) is 0 Å². The Balaban J connectivity index is 1.68. The van der Waals surface area contributed by atoms with Gasteiger partial charge in [-0.05, 0) is 12.1 Å². The van der Waals surface area contributed by atoms with E-state index in [1.807, 2.05) is 35.9 Å². The molecule has 20 heavy (non-hydrogen) atoms. The lowest BCUT2D eigenvalue weighted by atomic mass is 10.2. The molecule has 2 N–H and O–H groups in total. The molecule has 106 valence electrons. The number of hydrogen-bond acceptors (Lipinski definition) is 3. The van der Waals surface area contributed by atoms with Gasteiger partial charge in [0.2, 0.25) is 5.91 Å². The second kappa shape index (κ2) is 5.20. The Bertz CT molecular complexity index is 639. The minimum absolute atomic E-state index is 0.169. The van der Waals surface area contributed by atoms with Gasteiger partial charge in [-0.1, -0.05) is 12.1 Å². The highest BCUT2D eigenvalue weighted by Crippen LogP contribution is 2.14. The molecule has 6 heteroatoms. The maximum Gasteiger partial charge on any atom is 0.237 e. The molecule has 1 aromatic heterocycles. The van der Waals surface area contributed by atoms with Crippen LogP contribution in [-0.2, 0) is 18.4 Å². The van der Waals surface area contributed by atoms with Crippen molar-refractivity contribution in [1.29, 1.82) is 0 Å². The van der Waals surface area contributed by atoms with Crippen LogP contribution in [-0.4, -0.2) is 34.2 Å². The summed E-state index contributed by atoms with van der Waals surface area (Å²) in [4.78, 5) is 16.4. The van der Waals surface area contributed by atoms with Crippen molar-refractivity contribution in [2.45, 2.75) is 25.2 Å². The van der Waals surface area contributed by atoms with Crippen LogP contribution in [0.3, 0.4) is 0 Å². The van der Waals surface area contributed by atoms with Crippen LogP contribution in [0, 0.1) is 0 Å². The number of amides is 1. The summed E-state index contributed by atoms with van der Waals surface area (Å²) >= 11 is 0. The van der Waals surface area contributed by atoms with Gasteiger partial charge in [-0.25, -0.2) is 9.37 Å². The Hall–Kier alpha value is -1.95. The Kier molecular flexibility index (Phi) is 3.40. The first kappa shape index (κ1) is 13.1. The summed E-state index contributed by atoms with van der Waals surface area (Å²) in [5.74, 6) is 0.617. The van der Waals surface area contributed by atoms with Gasteiger partial charge in [-0.2, -0.15) is 0 Å². The van der Waals surface area contributed by atoms with Crippen molar-refractivity contribution in [1.82, 2.24) is 20.2 Å². The Morgan fingerprint density at radius 2 is 2.35 bits per heavy atom. The van der Waals surface area contributed by atoms with Crippen LogP contribution in [0.5, 0.6) is 0 Å². The number of rotatable bonds is 3. The number of para-hydroxylation sites is 2. The third kappa shape index (κ3) is 2.38. The van der Waals surface area contributed by atoms with E-state index in [-0.39, 0.29) is 18.9 Å². The van der Waals surface area contributed by atoms with Crippen LogP contribution < -0.4 is 10.6 Å². The molecule has 2 heterocycles. The zero-order chi connectivity index (χ0) is 14.1. The molecule has 0 unspecified atom stereocenters. The first-order valence-electron chi connectivity index (χ1n) is 6.70. The molecule has 1 aromatic carbocycles. The molecule has 3 rings (SSSR count). The molecule has 1 aliphatic rings. The fraction of sp³-hybridized carbons (Fsp3) is 0.429. The summed E-state index contributed by atoms with van der Waals surface area (Å²) in [6.07, 6.45) is -0.685. The van der Waals surface area contributed by atoms with Gasteiger partial charge in [0, 0.05) is 20.0 Å². The van der Waals surface area contributed by atoms with Crippen LogP contribution >= 0.6 is 0 Å². The van der Waals surface area contributed by atoms with Crippen LogP contribution in [0.4, 0.5) is 4.39 Å². The lowest BCUT2D eigenvalue weighted by Crippen LogP contribution is -2.40. The highest BCUT2D eigenvalue weighted by Gasteiger charge is 2.29. The SMILES string of the molecule is Cn1c(CNC(=O)[C@H]2C[C@H](F)CN2)nc2ccccc21. The van der Waals surface area contributed by atoms with E-state index in [2.05, 4.69) is 15.6 Å². The molecular weight excluding hydrogens is 259 g/mol. The number of fused-ring (bicyclic) bond motifs is 1. The smallest absolute Gasteiger partial charge is 0.237 e. The molecule has 2 atom stereocenters. The molecule has 5 nitrogen and oxygen atoms in total. The van der Waals surface area contributed by atoms with Crippen LogP contribution in [0.1, 0.15) is 12.2 Å². The number of carbonyl (C=O) groups excluding carboxylic acids is 1. The van der Waals surface area contributed by atoms with Crippen molar-refractivity contribution >= 4 is 16.9 Å². The number of alkyl halides is 1. The third-order valence-electron chi connectivity index (χ3n) is 3.69. The molecule has 1 aliphatic heterocycles. The summed E-state index contributed by atoms with van der Waals surface area (Å²) in [6.45, 7) is 0.601. The molecule has 0 aliphatic carbocycles. The molecule has 0 saturated carbocycles. The monoisotopic (exact) mass is 276 g/mol. The number of nitrogens with one attached hydrogen (secondary N) is 2. The number of imidazole rings is 1. The average Bonchev–Trinajstić information content (AvgIpc) is 3.01. The number of aryl methyl sites for hydroxylation is 1. The van der Waals surface area contributed by atoms with Crippen molar-refractivity contribution < 1.29 is 9.18 Å². The number of aromatic nitrogens is 2. The summed E-state index contributed by atoms with van der Waals surface area (Å²) in [5.41, 5.74) is 1.93. The molecule has 0 radical (unpaired) electrons. The number of halogens is 1. The highest BCUT2D eigenvalue weighted by molar-refractivity contribution is 5.82. The van der Waals surface area contributed by atoms with Gasteiger partial charge in [-0.15, -0.1) is 0 Å². The maximum atomic E-state index is 13.0. The van der Waals surface area contributed by atoms with Gasteiger partial charge in [0.05, 0.1) is 23.6 Å². The summed E-state index contributed by atoms with van der Waals surface area (Å²) in [7, 11) is 1.92. The van der Waals surface area contributed by atoms with Crippen molar-refractivity contribution in [2.24, 2.45) is 7.05 Å². The summed E-state index contributed by atoms with van der Waals surface area (Å²) in [6, 6.07) is 7.38. The van der Waals surface area contributed by atoms with Crippen LogP contribution in [0.25, 0.3) is 11.0 Å². The van der Waals surface area contributed by atoms with Crippen molar-refractivity contribution in [3.63, 3.8) is 0 Å². The van der Waals surface area contributed by atoms with E-state index in [1.54, 1.807) is 0 Å². The predicted octanol–water partition coefficient (Wildman–Crippen LogP) is 0.889. The largest absolute Gasteiger partial charge is 0.348 e. The van der Waals surface area contributed by atoms with Gasteiger partial charge < -0.3 is 15.2 Å². The Morgan fingerprint density at radius 1 is 1.55 bits per heavy atom. The van der Waals surface area contributed by atoms with Gasteiger partial charge in [0.25, 0.3) is 0 Å². The molecule has 0 spiro atoms. The molecule has 2 aromatic rings. The van der Waals surface area contributed by atoms with E-state index in [0.29, 0.717) is 6.54 Å². The standard InChI is InChI=1S/C14H17FN4O/c1-19-12-5-3-2-4-10(12)18-13(19)8-17-14(20)11-6-9(15)7-16-11/h2-5,9,11,16H,6-8H2,1H3,(H,17,20)/t9-,11+/m0/s1. The second-order valence-electron chi connectivity index (χ2n) is 5.09. The van der Waals surface area contributed by atoms with Crippen molar-refractivity contribution in [3.05, 3.63) is 30.1 Å². The van der Waals surface area contributed by atoms with Crippen molar-refractivity contribution in [2.75, 3.05) is 6.54 Å². The zero-order valence-corrected chi connectivity index (χ0v) is 11.3. The third-order valence-corrected chi connectivity index (χ3v) is 3.69. The van der Waals surface area contributed by atoms with E-state index >= 15 is 0 Å². The average molecular weight is 276 g/mol. The minimum atomic E-state index is -0.929. The maximum absolute atomic E-state index is 13.0. The molecular formula is C14H17FN4O. The zero-order valence-electron chi connectivity index (χ0n) is 11.3. The molecule has 1 saturated heterocycles. The van der Waals surface area contributed by atoms with Gasteiger partial charge in [0.15, 0.2) is 0 Å². The lowest BCUT2D eigenvalue weighted by Gasteiger charge is -2.10. The molecule has 1 amide bonds. The lowest BCUT2D eigenvalue weighted by molar-refractivity contribution is -0.123. The first-order valence-corrected chi connectivity index (χ1v) is 6.70. The number of carbonyl (C=O) groups is 1. The van der Waals surface area contributed by atoms with E-state index in [0.717, 1.165) is 16.9 Å². The summed E-state index contributed by atoms with van der Waals surface area (Å²) in [5, 5.41) is 5.68. The minimum Gasteiger partial charge on any atom is -0.348 e. The molecule has 1 fully saturated rings. The van der Waals surface area contributed by atoms with Crippen LogP contribution in [0.15, 0.2) is 24.3 Å². The number of benzene rings is 1. The fourth-order valence-corrected chi connectivity index (χ4v) is 2.54. The quantitative estimate of drug-likeness (QED) is 0.875. The topological polar surface area (TPSA) is 59.0 Å². The van der Waals surface area contributed by atoms with Crippen molar-refractivity contribution in [3.8, 4) is 0 Å². The fourth-order valence-electron chi connectivity index (χ4n) is 2.54. The van der Waals surface area contributed by atoms with Gasteiger partial charge >= 0.3 is 0 Å². The number of nitrogens with zero attached hydrogens (tertiary/aromatic N) is 2. The van der Waals surface area contributed by atoms with Gasteiger partial charge in [0.1, 0.15) is 12.0 Å². The summed E-state index contributed by atoms with van der Waals surface area (Å²) < 4.78 is 15.0. The van der Waals surface area contributed by atoms with Gasteiger partial charge in [-0.3, -0.25) is 4.79 Å². The van der Waals surface area contributed by atoms with E-state index in [4.69, 9.17) is 0 Å². The Morgan fingerprint density at radius 3 is 3.05 bits per heavy atom.